The highest BCUT2D eigenvalue weighted by atomic mass is 35.5. The van der Waals surface area contributed by atoms with Crippen molar-refractivity contribution in [2.45, 2.75) is 11.8 Å². The Balaban J connectivity index is 2.41. The molecule has 24 heavy (non-hydrogen) atoms. The van der Waals surface area contributed by atoms with Crippen molar-refractivity contribution in [3.63, 3.8) is 0 Å². The summed E-state index contributed by atoms with van der Waals surface area (Å²) in [5.41, 5.74) is 0.254. The van der Waals surface area contributed by atoms with Gasteiger partial charge >= 0.3 is 5.97 Å². The van der Waals surface area contributed by atoms with Crippen LogP contribution in [-0.4, -0.2) is 44.4 Å². The molecule has 0 fully saturated rings. The minimum absolute atomic E-state index is 0.134. The first kappa shape index (κ1) is 18.6. The van der Waals surface area contributed by atoms with E-state index < -0.39 is 32.6 Å². The van der Waals surface area contributed by atoms with Crippen LogP contribution in [0.25, 0.3) is 10.9 Å². The van der Waals surface area contributed by atoms with Gasteiger partial charge in [-0.1, -0.05) is 18.5 Å². The molecular formula is C15H16ClFN2O4S. The molecule has 0 aliphatic carbocycles. The minimum Gasteiger partial charge on any atom is -0.469 e. The Morgan fingerprint density at radius 1 is 1.42 bits per heavy atom. The minimum atomic E-state index is -4.12. The van der Waals surface area contributed by atoms with Crippen LogP contribution in [0.4, 0.5) is 4.39 Å². The second-order valence-electron chi connectivity index (χ2n) is 5.32. The Labute approximate surface area is 144 Å². The quantitative estimate of drug-likeness (QED) is 0.593. The Morgan fingerprint density at radius 3 is 2.71 bits per heavy atom. The van der Waals surface area contributed by atoms with Crippen molar-refractivity contribution in [1.82, 2.24) is 9.29 Å². The molecule has 1 unspecified atom stereocenters. The number of rotatable bonds is 5. The molecule has 2 aromatic rings. The van der Waals surface area contributed by atoms with Gasteiger partial charge in [-0.15, -0.1) is 0 Å². The van der Waals surface area contributed by atoms with Crippen LogP contribution in [0.15, 0.2) is 29.2 Å². The molecular weight excluding hydrogens is 359 g/mol. The number of pyridine rings is 1. The summed E-state index contributed by atoms with van der Waals surface area (Å²) in [6.07, 6.45) is 0. The second-order valence-corrected chi connectivity index (χ2v) is 7.72. The summed E-state index contributed by atoms with van der Waals surface area (Å²) in [5, 5.41) is 0.621. The summed E-state index contributed by atoms with van der Waals surface area (Å²) in [7, 11) is -1.63. The first-order valence-electron chi connectivity index (χ1n) is 6.96. The number of hydrogen-bond acceptors (Lipinski definition) is 5. The van der Waals surface area contributed by atoms with Crippen molar-refractivity contribution in [3.05, 3.63) is 35.2 Å². The molecule has 0 saturated heterocycles. The molecule has 130 valence electrons. The highest BCUT2D eigenvalue weighted by Crippen LogP contribution is 2.25. The van der Waals surface area contributed by atoms with E-state index in [1.807, 2.05) is 0 Å². The normalized spacial score (nSPS) is 13.2. The molecule has 0 amide bonds. The largest absolute Gasteiger partial charge is 0.469 e. The second kappa shape index (κ2) is 7.00. The van der Waals surface area contributed by atoms with E-state index in [4.69, 9.17) is 11.6 Å². The van der Waals surface area contributed by atoms with Crippen LogP contribution in [0, 0.1) is 11.7 Å². The molecule has 0 aliphatic rings. The smallest absolute Gasteiger partial charge is 0.309 e. The number of esters is 1. The third-order valence-electron chi connectivity index (χ3n) is 3.53. The standard InChI is InChI=1S/C15H16ClFN2O4S/c1-9(15(20)23-3)8-19(2)24(21,22)13-6-10-4-5-14(16)18-12(10)7-11(13)17/h4-7,9H,8H2,1-3H3. The zero-order chi connectivity index (χ0) is 18.1. The predicted molar refractivity (Wildman–Crippen MR) is 87.7 cm³/mol. The molecule has 6 nitrogen and oxygen atoms in total. The Bertz CT molecular complexity index is 888. The molecule has 0 bridgehead atoms. The topological polar surface area (TPSA) is 76.6 Å². The lowest BCUT2D eigenvalue weighted by atomic mass is 10.2. The van der Waals surface area contributed by atoms with Gasteiger partial charge in [0.25, 0.3) is 0 Å². The first-order valence-corrected chi connectivity index (χ1v) is 8.78. The van der Waals surface area contributed by atoms with Crippen LogP contribution in [0.1, 0.15) is 6.92 Å². The highest BCUT2D eigenvalue weighted by Gasteiger charge is 2.28. The van der Waals surface area contributed by atoms with Gasteiger partial charge in [-0.05, 0) is 18.2 Å². The molecule has 1 atom stereocenters. The lowest BCUT2D eigenvalue weighted by Crippen LogP contribution is -2.34. The fourth-order valence-electron chi connectivity index (χ4n) is 2.22. The number of aromatic nitrogens is 1. The maximum Gasteiger partial charge on any atom is 0.309 e. The van der Waals surface area contributed by atoms with E-state index in [2.05, 4.69) is 9.72 Å². The summed E-state index contributed by atoms with van der Waals surface area (Å²) >= 11 is 5.75. The molecule has 1 aromatic carbocycles. The van der Waals surface area contributed by atoms with Crippen LogP contribution in [-0.2, 0) is 19.6 Å². The van der Waals surface area contributed by atoms with Gasteiger partial charge in [0, 0.05) is 25.0 Å². The molecule has 0 N–H and O–H groups in total. The number of fused-ring (bicyclic) bond motifs is 1. The lowest BCUT2D eigenvalue weighted by Gasteiger charge is -2.20. The molecule has 1 aromatic heterocycles. The number of carbonyl (C=O) groups is 1. The lowest BCUT2D eigenvalue weighted by molar-refractivity contribution is -0.144. The van der Waals surface area contributed by atoms with E-state index in [-0.39, 0.29) is 17.2 Å². The average Bonchev–Trinajstić information content (AvgIpc) is 2.52. The van der Waals surface area contributed by atoms with Gasteiger partial charge in [-0.2, -0.15) is 4.31 Å². The zero-order valence-electron chi connectivity index (χ0n) is 13.3. The van der Waals surface area contributed by atoms with Gasteiger partial charge in [0.15, 0.2) is 0 Å². The summed E-state index contributed by atoms with van der Waals surface area (Å²) in [6, 6.07) is 5.26. The average molecular weight is 375 g/mol. The summed E-state index contributed by atoms with van der Waals surface area (Å²) in [4.78, 5) is 14.9. The SMILES string of the molecule is COC(=O)C(C)CN(C)S(=O)(=O)c1cc2ccc(Cl)nc2cc1F. The van der Waals surface area contributed by atoms with Gasteiger partial charge in [0.05, 0.1) is 18.5 Å². The van der Waals surface area contributed by atoms with Crippen molar-refractivity contribution in [2.75, 3.05) is 20.7 Å². The highest BCUT2D eigenvalue weighted by molar-refractivity contribution is 7.89. The first-order chi connectivity index (χ1) is 11.2. The molecule has 0 saturated carbocycles. The van der Waals surface area contributed by atoms with E-state index in [0.717, 1.165) is 10.4 Å². The summed E-state index contributed by atoms with van der Waals surface area (Å²) in [6.45, 7) is 1.39. The number of benzene rings is 1. The van der Waals surface area contributed by atoms with Crippen LogP contribution in [0.2, 0.25) is 5.15 Å². The van der Waals surface area contributed by atoms with E-state index in [1.54, 1.807) is 6.07 Å². The number of hydrogen-bond donors (Lipinski definition) is 0. The fourth-order valence-corrected chi connectivity index (χ4v) is 3.72. The Morgan fingerprint density at radius 2 is 2.08 bits per heavy atom. The Kier molecular flexibility index (Phi) is 5.42. The van der Waals surface area contributed by atoms with E-state index in [0.29, 0.717) is 5.39 Å². The van der Waals surface area contributed by atoms with Crippen molar-refractivity contribution >= 4 is 38.5 Å². The van der Waals surface area contributed by atoms with Crippen molar-refractivity contribution < 1.29 is 22.3 Å². The monoisotopic (exact) mass is 374 g/mol. The maximum absolute atomic E-state index is 14.3. The molecule has 2 rings (SSSR count). The molecule has 9 heteroatoms. The number of sulfonamides is 1. The van der Waals surface area contributed by atoms with Gasteiger partial charge < -0.3 is 4.74 Å². The van der Waals surface area contributed by atoms with E-state index in [1.165, 1.54) is 33.2 Å². The van der Waals surface area contributed by atoms with Gasteiger partial charge in [0.2, 0.25) is 10.0 Å². The third-order valence-corrected chi connectivity index (χ3v) is 5.58. The van der Waals surface area contributed by atoms with Crippen LogP contribution in [0.5, 0.6) is 0 Å². The molecule has 0 aliphatic heterocycles. The number of nitrogens with zero attached hydrogens (tertiary/aromatic N) is 2. The third kappa shape index (κ3) is 3.66. The van der Waals surface area contributed by atoms with E-state index >= 15 is 0 Å². The number of carbonyl (C=O) groups excluding carboxylic acids is 1. The zero-order valence-corrected chi connectivity index (χ0v) is 14.9. The van der Waals surface area contributed by atoms with Gasteiger partial charge in [0.1, 0.15) is 15.9 Å². The predicted octanol–water partition coefficient (Wildman–Crippen LogP) is 2.46. The number of methoxy groups -OCH3 is 1. The fraction of sp³-hybridized carbons (Fsp3) is 0.333. The molecule has 0 radical (unpaired) electrons. The van der Waals surface area contributed by atoms with Crippen molar-refractivity contribution in [3.8, 4) is 0 Å². The van der Waals surface area contributed by atoms with Crippen LogP contribution >= 0.6 is 11.6 Å². The van der Waals surface area contributed by atoms with Gasteiger partial charge in [-0.25, -0.2) is 17.8 Å². The van der Waals surface area contributed by atoms with Crippen molar-refractivity contribution in [2.24, 2.45) is 5.92 Å². The number of halogens is 2. The molecule has 1 heterocycles. The van der Waals surface area contributed by atoms with E-state index in [9.17, 15) is 17.6 Å². The van der Waals surface area contributed by atoms with Gasteiger partial charge in [-0.3, -0.25) is 4.79 Å². The molecule has 0 spiro atoms. The Hall–Kier alpha value is -1.77. The van der Waals surface area contributed by atoms with Crippen LogP contribution < -0.4 is 0 Å². The maximum atomic E-state index is 14.3. The number of ether oxygens (including phenoxy) is 1. The summed E-state index contributed by atoms with van der Waals surface area (Å²) in [5.74, 6) is -2.16. The van der Waals surface area contributed by atoms with Crippen LogP contribution in [0.3, 0.4) is 0 Å². The van der Waals surface area contributed by atoms with Crippen molar-refractivity contribution in [1.29, 1.82) is 0 Å². The summed E-state index contributed by atoms with van der Waals surface area (Å²) < 4.78 is 45.0.